The van der Waals surface area contributed by atoms with Crippen LogP contribution in [-0.2, 0) is 0 Å². The number of benzene rings is 1. The van der Waals surface area contributed by atoms with Gasteiger partial charge in [-0.25, -0.2) is 0 Å². The Balaban J connectivity index is 2.39. The molecule has 1 aromatic carbocycles. The number of nitriles is 1. The number of aromatic nitrogens is 1. The highest BCUT2D eigenvalue weighted by Crippen LogP contribution is 2.27. The monoisotopic (exact) mass is 238 g/mol. The molecule has 0 bridgehead atoms. The maximum absolute atomic E-state index is 9.10. The molecular weight excluding hydrogens is 224 g/mol. The number of fused-ring (bicyclic) bond motifs is 1. The molecule has 0 aliphatic rings. The highest BCUT2D eigenvalue weighted by molar-refractivity contribution is 5.87. The average molecular weight is 238 g/mol. The Morgan fingerprint density at radius 3 is 2.94 bits per heavy atom. The summed E-state index contributed by atoms with van der Waals surface area (Å²) in [5.74, 6) is 0.615. The first-order valence-corrected chi connectivity index (χ1v) is 5.77. The van der Waals surface area contributed by atoms with Crippen molar-refractivity contribution >= 4 is 10.9 Å². The summed E-state index contributed by atoms with van der Waals surface area (Å²) in [5, 5.41) is 9.97. The third kappa shape index (κ3) is 2.49. The lowest BCUT2D eigenvalue weighted by Gasteiger charge is -2.10. The maximum atomic E-state index is 9.10. The molecule has 90 valence electrons. The lowest BCUT2D eigenvalue weighted by atomic mass is 10.1. The summed E-state index contributed by atoms with van der Waals surface area (Å²) in [6, 6.07) is 9.77. The first kappa shape index (κ1) is 12.1. The first-order chi connectivity index (χ1) is 8.72. The quantitative estimate of drug-likeness (QED) is 0.766. The van der Waals surface area contributed by atoms with Crippen molar-refractivity contribution in [1.29, 1.82) is 5.26 Å². The summed E-state index contributed by atoms with van der Waals surface area (Å²) in [6.07, 6.45) is 2.33. The van der Waals surface area contributed by atoms with E-state index in [1.165, 1.54) is 0 Å². The molecule has 1 aromatic heterocycles. The molecule has 0 saturated heterocycles. The van der Waals surface area contributed by atoms with Gasteiger partial charge in [-0.3, -0.25) is 4.98 Å². The molecule has 3 nitrogen and oxygen atoms in total. The van der Waals surface area contributed by atoms with Gasteiger partial charge in [-0.05, 0) is 19.1 Å². The van der Waals surface area contributed by atoms with E-state index in [9.17, 15) is 0 Å². The van der Waals surface area contributed by atoms with Gasteiger partial charge < -0.3 is 4.74 Å². The number of para-hydroxylation sites is 1. The molecule has 0 N–H and O–H groups in total. The normalized spacial score (nSPS) is 10.0. The van der Waals surface area contributed by atoms with Gasteiger partial charge in [0.15, 0.2) is 0 Å². The van der Waals surface area contributed by atoms with Crippen LogP contribution in [0.15, 0.2) is 42.6 Å². The lowest BCUT2D eigenvalue weighted by Crippen LogP contribution is -2.00. The van der Waals surface area contributed by atoms with Crippen LogP contribution in [0.25, 0.3) is 10.9 Å². The minimum absolute atomic E-state index is 0.468. The van der Waals surface area contributed by atoms with Crippen LogP contribution in [0.4, 0.5) is 0 Å². The predicted octanol–water partition coefficient (Wildman–Crippen LogP) is 3.45. The molecule has 1 heterocycles. The standard InChI is InChI=1S/C15H14N2O/c1-11(2)7-8-18-15-12(9-16)10-17-14-6-4-3-5-13(14)15/h3-6,10H,1,7-8H2,2H3. The molecule has 0 saturated carbocycles. The smallest absolute Gasteiger partial charge is 0.148 e. The van der Waals surface area contributed by atoms with Gasteiger partial charge in [-0.15, -0.1) is 6.58 Å². The van der Waals surface area contributed by atoms with Gasteiger partial charge >= 0.3 is 0 Å². The van der Waals surface area contributed by atoms with Crippen LogP contribution in [-0.4, -0.2) is 11.6 Å². The van der Waals surface area contributed by atoms with Crippen molar-refractivity contribution in [3.63, 3.8) is 0 Å². The average Bonchev–Trinajstić information content (AvgIpc) is 2.38. The zero-order valence-electron chi connectivity index (χ0n) is 10.3. The van der Waals surface area contributed by atoms with E-state index >= 15 is 0 Å². The van der Waals surface area contributed by atoms with E-state index in [2.05, 4.69) is 17.6 Å². The lowest BCUT2D eigenvalue weighted by molar-refractivity contribution is 0.324. The van der Waals surface area contributed by atoms with Crippen molar-refractivity contribution in [3.05, 3.63) is 48.2 Å². The van der Waals surface area contributed by atoms with Crippen molar-refractivity contribution in [3.8, 4) is 11.8 Å². The van der Waals surface area contributed by atoms with Crippen molar-refractivity contribution in [2.75, 3.05) is 6.61 Å². The molecule has 0 amide bonds. The Kier molecular flexibility index (Phi) is 3.59. The Labute approximate surface area is 106 Å². The van der Waals surface area contributed by atoms with Gasteiger partial charge in [-0.2, -0.15) is 5.26 Å². The summed E-state index contributed by atoms with van der Waals surface area (Å²) >= 11 is 0. The van der Waals surface area contributed by atoms with Crippen LogP contribution in [0, 0.1) is 11.3 Å². The van der Waals surface area contributed by atoms with Crippen LogP contribution in [0.3, 0.4) is 0 Å². The summed E-state index contributed by atoms with van der Waals surface area (Å²) < 4.78 is 5.73. The van der Waals surface area contributed by atoms with Crippen molar-refractivity contribution in [1.82, 2.24) is 4.98 Å². The molecule has 0 radical (unpaired) electrons. The van der Waals surface area contributed by atoms with Crippen LogP contribution < -0.4 is 4.74 Å². The van der Waals surface area contributed by atoms with Gasteiger partial charge in [-0.1, -0.05) is 17.7 Å². The molecule has 0 unspecified atom stereocenters. The molecule has 0 spiro atoms. The molecule has 2 aromatic rings. The van der Waals surface area contributed by atoms with Gasteiger partial charge in [0.05, 0.1) is 12.1 Å². The largest absolute Gasteiger partial charge is 0.491 e. The maximum Gasteiger partial charge on any atom is 0.148 e. The minimum atomic E-state index is 0.468. The van der Waals surface area contributed by atoms with Crippen LogP contribution in [0.1, 0.15) is 18.9 Å². The third-order valence-corrected chi connectivity index (χ3v) is 2.62. The summed E-state index contributed by atoms with van der Waals surface area (Å²) in [6.45, 7) is 6.32. The molecule has 0 aliphatic carbocycles. The number of hydrogen-bond acceptors (Lipinski definition) is 3. The predicted molar refractivity (Wildman–Crippen MR) is 71.4 cm³/mol. The number of rotatable bonds is 4. The van der Waals surface area contributed by atoms with Gasteiger partial charge in [0.2, 0.25) is 0 Å². The second kappa shape index (κ2) is 5.33. The van der Waals surface area contributed by atoms with Crippen LogP contribution in [0.2, 0.25) is 0 Å². The first-order valence-electron chi connectivity index (χ1n) is 5.77. The highest BCUT2D eigenvalue weighted by atomic mass is 16.5. The fraction of sp³-hybridized carbons (Fsp3) is 0.200. The van der Waals surface area contributed by atoms with Gasteiger partial charge in [0, 0.05) is 18.0 Å². The summed E-state index contributed by atoms with van der Waals surface area (Å²) in [4.78, 5) is 4.24. The minimum Gasteiger partial charge on any atom is -0.491 e. The number of ether oxygens (including phenoxy) is 1. The molecular formula is C15H14N2O. The highest BCUT2D eigenvalue weighted by Gasteiger charge is 2.09. The molecule has 0 atom stereocenters. The van der Waals surface area contributed by atoms with Crippen LogP contribution >= 0.6 is 0 Å². The van der Waals surface area contributed by atoms with Crippen molar-refractivity contribution in [2.24, 2.45) is 0 Å². The molecule has 3 heteroatoms. The van der Waals surface area contributed by atoms with E-state index in [0.717, 1.165) is 22.9 Å². The van der Waals surface area contributed by atoms with E-state index < -0.39 is 0 Å². The topological polar surface area (TPSA) is 45.9 Å². The fourth-order valence-electron chi connectivity index (χ4n) is 1.68. The number of nitrogens with zero attached hydrogens (tertiary/aromatic N) is 2. The van der Waals surface area contributed by atoms with E-state index in [1.807, 2.05) is 31.2 Å². The van der Waals surface area contributed by atoms with E-state index in [-0.39, 0.29) is 0 Å². The molecule has 0 aliphatic heterocycles. The van der Waals surface area contributed by atoms with Gasteiger partial charge in [0.1, 0.15) is 17.4 Å². The van der Waals surface area contributed by atoms with E-state index in [0.29, 0.717) is 17.9 Å². The Morgan fingerprint density at radius 1 is 1.44 bits per heavy atom. The molecule has 0 fully saturated rings. The van der Waals surface area contributed by atoms with E-state index in [1.54, 1.807) is 6.20 Å². The Morgan fingerprint density at radius 2 is 2.22 bits per heavy atom. The second-order valence-electron chi connectivity index (χ2n) is 4.19. The molecule has 2 rings (SSSR count). The number of pyridine rings is 1. The zero-order chi connectivity index (χ0) is 13.0. The fourth-order valence-corrected chi connectivity index (χ4v) is 1.68. The summed E-state index contributed by atoms with van der Waals surface area (Å²) in [5.41, 5.74) is 2.36. The third-order valence-electron chi connectivity index (χ3n) is 2.62. The van der Waals surface area contributed by atoms with Crippen molar-refractivity contribution < 1.29 is 4.74 Å². The molecule has 18 heavy (non-hydrogen) atoms. The summed E-state index contributed by atoms with van der Waals surface area (Å²) in [7, 11) is 0. The van der Waals surface area contributed by atoms with E-state index in [4.69, 9.17) is 10.00 Å². The Hall–Kier alpha value is -2.34. The Bertz CT molecular complexity index is 626. The number of hydrogen-bond donors (Lipinski definition) is 0. The SMILES string of the molecule is C=C(C)CCOc1c(C#N)cnc2ccccc12. The van der Waals surface area contributed by atoms with Gasteiger partial charge in [0.25, 0.3) is 0 Å². The zero-order valence-corrected chi connectivity index (χ0v) is 10.3. The second-order valence-corrected chi connectivity index (χ2v) is 4.19. The van der Waals surface area contributed by atoms with Crippen LogP contribution in [0.5, 0.6) is 5.75 Å². The van der Waals surface area contributed by atoms with Crippen molar-refractivity contribution in [2.45, 2.75) is 13.3 Å².